The molecule has 8 aromatic carbocycles. The molecule has 10 aromatic rings. The lowest BCUT2D eigenvalue weighted by Crippen LogP contribution is -1.96. The smallest absolute Gasteiger partial charge is 0.160 e. The zero-order valence-electron chi connectivity index (χ0n) is 30.5. The van der Waals surface area contributed by atoms with Crippen molar-refractivity contribution in [3.63, 3.8) is 0 Å². The second-order valence-corrected chi connectivity index (χ2v) is 14.0. The Morgan fingerprint density at radius 2 is 0.768 bits per heavy atom. The Bertz CT molecular complexity index is 2920. The molecule has 3 nitrogen and oxygen atoms in total. The van der Waals surface area contributed by atoms with E-state index < -0.39 is 0 Å². The lowest BCUT2D eigenvalue weighted by Gasteiger charge is -2.15. The molecule has 0 unspecified atom stereocenters. The number of benzene rings is 8. The minimum absolute atomic E-state index is 0.710. The first kappa shape index (κ1) is 33.1. The normalized spacial score (nSPS) is 11.2. The minimum Gasteiger partial charge on any atom is -0.247 e. The fourth-order valence-electron chi connectivity index (χ4n) is 7.69. The summed E-state index contributed by atoms with van der Waals surface area (Å²) in [5.41, 5.74) is 14.9. The Kier molecular flexibility index (Phi) is 8.51. The average Bonchev–Trinajstić information content (AvgIpc) is 3.29. The summed E-state index contributed by atoms with van der Waals surface area (Å²) in [6.45, 7) is 0. The van der Waals surface area contributed by atoms with Gasteiger partial charge >= 0.3 is 0 Å². The van der Waals surface area contributed by atoms with E-state index in [-0.39, 0.29) is 0 Å². The predicted octanol–water partition coefficient (Wildman–Crippen LogP) is 13.8. The van der Waals surface area contributed by atoms with Gasteiger partial charge in [-0.3, -0.25) is 0 Å². The van der Waals surface area contributed by atoms with E-state index >= 15 is 0 Å². The van der Waals surface area contributed by atoms with Gasteiger partial charge in [0, 0.05) is 38.4 Å². The number of pyridine rings is 1. The summed E-state index contributed by atoms with van der Waals surface area (Å²) < 4.78 is 0. The third kappa shape index (κ3) is 6.31. The van der Waals surface area contributed by atoms with Crippen LogP contribution in [0.1, 0.15) is 0 Å². The van der Waals surface area contributed by atoms with E-state index in [0.717, 1.165) is 77.9 Å². The molecule has 10 rings (SSSR count). The molecule has 0 spiro atoms. The summed E-state index contributed by atoms with van der Waals surface area (Å²) >= 11 is 0. The van der Waals surface area contributed by atoms with E-state index in [9.17, 15) is 0 Å². The van der Waals surface area contributed by atoms with Gasteiger partial charge in [0.05, 0.1) is 22.6 Å². The molecule has 3 heteroatoms. The SMILES string of the molecule is c1ccc(-c2cc(-c3cccc(-c4ccc(-c5ccc6nc(-c7ccccc7)c7cccc(-c8ccccc8)c7c6c5)cc4)c3)nc(-c3ccccc3)n2)cc1. The Balaban J connectivity index is 1.04. The average molecular weight is 714 g/mol. The van der Waals surface area contributed by atoms with Crippen molar-refractivity contribution in [3.05, 3.63) is 212 Å². The van der Waals surface area contributed by atoms with Crippen LogP contribution in [-0.2, 0) is 0 Å². The molecule has 0 saturated carbocycles. The standard InChI is InChI=1S/C53H35N3/c1-5-15-38(16-6-1)45-25-14-26-46-51(45)47-34-43(31-32-48(47)54-52(46)40-19-9-3-10-20-40)37-29-27-36(28-30-37)42-23-13-24-44(33-42)50-35-49(39-17-7-2-8-18-39)55-53(56-50)41-21-11-4-12-22-41/h1-35H. The van der Waals surface area contributed by atoms with Crippen LogP contribution in [0.25, 0.3) is 100 Å². The number of nitrogens with zero attached hydrogens (tertiary/aromatic N) is 3. The zero-order valence-corrected chi connectivity index (χ0v) is 30.5. The molecule has 56 heavy (non-hydrogen) atoms. The molecule has 0 amide bonds. The number of aromatic nitrogens is 3. The van der Waals surface area contributed by atoms with E-state index in [4.69, 9.17) is 15.0 Å². The Labute approximate surface area is 326 Å². The molecule has 0 aliphatic carbocycles. The van der Waals surface area contributed by atoms with E-state index in [2.05, 4.69) is 176 Å². The van der Waals surface area contributed by atoms with Crippen molar-refractivity contribution in [2.24, 2.45) is 0 Å². The maximum Gasteiger partial charge on any atom is 0.160 e. The maximum absolute atomic E-state index is 5.27. The summed E-state index contributed by atoms with van der Waals surface area (Å²) in [5, 5.41) is 3.50. The quantitative estimate of drug-likeness (QED) is 0.154. The van der Waals surface area contributed by atoms with Gasteiger partial charge in [-0.15, -0.1) is 0 Å². The first-order valence-corrected chi connectivity index (χ1v) is 18.9. The van der Waals surface area contributed by atoms with E-state index in [1.165, 1.54) is 16.5 Å². The Morgan fingerprint density at radius 1 is 0.268 bits per heavy atom. The highest BCUT2D eigenvalue weighted by Crippen LogP contribution is 2.40. The van der Waals surface area contributed by atoms with Crippen LogP contribution in [0.3, 0.4) is 0 Å². The van der Waals surface area contributed by atoms with Crippen molar-refractivity contribution in [1.82, 2.24) is 15.0 Å². The third-order valence-corrected chi connectivity index (χ3v) is 10.5. The monoisotopic (exact) mass is 713 g/mol. The molecule has 0 fully saturated rings. The molecule has 2 heterocycles. The zero-order chi connectivity index (χ0) is 37.3. The van der Waals surface area contributed by atoms with Crippen molar-refractivity contribution >= 4 is 21.7 Å². The first-order chi connectivity index (χ1) is 27.7. The third-order valence-electron chi connectivity index (χ3n) is 10.5. The van der Waals surface area contributed by atoms with Crippen molar-refractivity contribution in [2.75, 3.05) is 0 Å². The van der Waals surface area contributed by atoms with Gasteiger partial charge in [0.2, 0.25) is 0 Å². The summed E-state index contributed by atoms with van der Waals surface area (Å²) in [5.74, 6) is 0.710. The van der Waals surface area contributed by atoms with Crippen molar-refractivity contribution in [3.8, 4) is 78.5 Å². The molecule has 0 bridgehead atoms. The molecule has 0 aliphatic rings. The van der Waals surface area contributed by atoms with Crippen LogP contribution in [0, 0.1) is 0 Å². The minimum atomic E-state index is 0.710. The second-order valence-electron chi connectivity index (χ2n) is 14.0. The highest BCUT2D eigenvalue weighted by molar-refractivity contribution is 6.17. The molecular formula is C53H35N3. The second kappa shape index (κ2) is 14.4. The van der Waals surface area contributed by atoms with E-state index in [0.29, 0.717) is 5.82 Å². The Hall–Kier alpha value is -7.49. The lowest BCUT2D eigenvalue weighted by molar-refractivity contribution is 1.18. The lowest BCUT2D eigenvalue weighted by atomic mass is 9.91. The van der Waals surface area contributed by atoms with Gasteiger partial charge < -0.3 is 0 Å². The fraction of sp³-hybridized carbons (Fsp3) is 0. The van der Waals surface area contributed by atoms with Crippen LogP contribution in [0.15, 0.2) is 212 Å². The molecule has 0 saturated heterocycles. The summed E-state index contributed by atoms with van der Waals surface area (Å²) in [4.78, 5) is 15.3. The van der Waals surface area contributed by atoms with E-state index in [1.807, 2.05) is 36.4 Å². The van der Waals surface area contributed by atoms with Crippen molar-refractivity contribution in [2.45, 2.75) is 0 Å². The van der Waals surface area contributed by atoms with Gasteiger partial charge in [0.15, 0.2) is 5.82 Å². The number of fused-ring (bicyclic) bond motifs is 3. The summed E-state index contributed by atoms with van der Waals surface area (Å²) in [7, 11) is 0. The van der Waals surface area contributed by atoms with Crippen LogP contribution < -0.4 is 0 Å². The predicted molar refractivity (Wildman–Crippen MR) is 233 cm³/mol. The summed E-state index contributed by atoms with van der Waals surface area (Å²) in [6, 6.07) is 74.5. The van der Waals surface area contributed by atoms with Crippen LogP contribution >= 0.6 is 0 Å². The largest absolute Gasteiger partial charge is 0.247 e. The van der Waals surface area contributed by atoms with E-state index in [1.54, 1.807) is 0 Å². The number of hydrogen-bond donors (Lipinski definition) is 0. The fourth-order valence-corrected chi connectivity index (χ4v) is 7.69. The van der Waals surface area contributed by atoms with Gasteiger partial charge in [-0.05, 0) is 57.6 Å². The molecular weight excluding hydrogens is 679 g/mol. The van der Waals surface area contributed by atoms with Gasteiger partial charge in [0.1, 0.15) is 0 Å². The number of hydrogen-bond acceptors (Lipinski definition) is 3. The number of rotatable bonds is 7. The molecule has 0 radical (unpaired) electrons. The highest BCUT2D eigenvalue weighted by atomic mass is 14.9. The maximum atomic E-state index is 5.27. The molecule has 0 aliphatic heterocycles. The summed E-state index contributed by atoms with van der Waals surface area (Å²) in [6.07, 6.45) is 0. The molecule has 262 valence electrons. The molecule has 2 aromatic heterocycles. The van der Waals surface area contributed by atoms with Gasteiger partial charge in [-0.25, -0.2) is 15.0 Å². The van der Waals surface area contributed by atoms with Gasteiger partial charge in [-0.1, -0.05) is 188 Å². The van der Waals surface area contributed by atoms with Crippen LogP contribution in [0.5, 0.6) is 0 Å². The Morgan fingerprint density at radius 3 is 1.43 bits per heavy atom. The van der Waals surface area contributed by atoms with Crippen LogP contribution in [0.2, 0.25) is 0 Å². The van der Waals surface area contributed by atoms with Crippen molar-refractivity contribution in [1.29, 1.82) is 0 Å². The molecule has 0 N–H and O–H groups in total. The topological polar surface area (TPSA) is 38.7 Å². The van der Waals surface area contributed by atoms with Gasteiger partial charge in [-0.2, -0.15) is 0 Å². The van der Waals surface area contributed by atoms with Crippen molar-refractivity contribution < 1.29 is 0 Å². The van der Waals surface area contributed by atoms with Crippen LogP contribution in [-0.4, -0.2) is 15.0 Å². The van der Waals surface area contributed by atoms with Gasteiger partial charge in [0.25, 0.3) is 0 Å². The van der Waals surface area contributed by atoms with Crippen LogP contribution in [0.4, 0.5) is 0 Å². The molecule has 0 atom stereocenters. The first-order valence-electron chi connectivity index (χ1n) is 18.9. The highest BCUT2D eigenvalue weighted by Gasteiger charge is 2.16.